The summed E-state index contributed by atoms with van der Waals surface area (Å²) in [6, 6.07) is 6.93. The third-order valence-electron chi connectivity index (χ3n) is 2.84. The molecule has 0 saturated carbocycles. The lowest BCUT2D eigenvalue weighted by Crippen LogP contribution is -2.38. The molecule has 138 valence electrons. The lowest BCUT2D eigenvalue weighted by Gasteiger charge is -2.13. The Bertz CT molecular complexity index is 632. The van der Waals surface area contributed by atoms with Crippen molar-refractivity contribution in [1.82, 2.24) is 10.6 Å². The number of benzene rings is 1. The maximum Gasteiger partial charge on any atom is 0.390 e. The first-order chi connectivity index (χ1) is 10.6. The Balaban J connectivity index is 0.00000529. The van der Waals surface area contributed by atoms with Gasteiger partial charge in [-0.1, -0.05) is 24.3 Å². The molecular weight excluding hydrogens is 458 g/mol. The molecule has 0 aliphatic rings. The Morgan fingerprint density at radius 1 is 1.12 bits per heavy atom. The summed E-state index contributed by atoms with van der Waals surface area (Å²) in [4.78, 5) is 3.84. The van der Waals surface area contributed by atoms with Crippen molar-refractivity contribution in [3.05, 3.63) is 35.4 Å². The van der Waals surface area contributed by atoms with Crippen LogP contribution in [0.4, 0.5) is 13.2 Å². The van der Waals surface area contributed by atoms with E-state index >= 15 is 0 Å². The molecule has 24 heavy (non-hydrogen) atoms. The highest BCUT2D eigenvalue weighted by molar-refractivity contribution is 14.0. The van der Waals surface area contributed by atoms with E-state index in [1.54, 1.807) is 24.3 Å². The summed E-state index contributed by atoms with van der Waals surface area (Å²) in [5, 5.41) is 5.47. The van der Waals surface area contributed by atoms with E-state index in [1.165, 1.54) is 13.3 Å². The first-order valence-corrected chi connectivity index (χ1v) is 8.92. The molecule has 0 saturated heterocycles. The number of sulfone groups is 1. The minimum atomic E-state index is -4.21. The zero-order valence-corrected chi connectivity index (χ0v) is 16.5. The van der Waals surface area contributed by atoms with E-state index in [0.29, 0.717) is 12.1 Å². The van der Waals surface area contributed by atoms with Crippen molar-refractivity contribution in [3.63, 3.8) is 0 Å². The minimum Gasteiger partial charge on any atom is -0.356 e. The molecule has 2 N–H and O–H groups in total. The van der Waals surface area contributed by atoms with Crippen LogP contribution < -0.4 is 10.6 Å². The van der Waals surface area contributed by atoms with Gasteiger partial charge in [-0.15, -0.1) is 24.0 Å². The van der Waals surface area contributed by atoms with Gasteiger partial charge in [0.25, 0.3) is 0 Å². The molecule has 0 bridgehead atoms. The maximum absolute atomic E-state index is 12.1. The van der Waals surface area contributed by atoms with Gasteiger partial charge in [0.15, 0.2) is 15.8 Å². The molecular formula is C14H21F3IN3O2S. The van der Waals surface area contributed by atoms with Crippen LogP contribution in [0.5, 0.6) is 0 Å². The zero-order valence-electron chi connectivity index (χ0n) is 13.4. The summed E-state index contributed by atoms with van der Waals surface area (Å²) >= 11 is 0. The van der Waals surface area contributed by atoms with Gasteiger partial charge in [0.2, 0.25) is 0 Å². The van der Waals surface area contributed by atoms with Crippen molar-refractivity contribution < 1.29 is 21.6 Å². The van der Waals surface area contributed by atoms with Crippen LogP contribution in [0.25, 0.3) is 0 Å². The van der Waals surface area contributed by atoms with Crippen molar-refractivity contribution in [2.45, 2.75) is 24.9 Å². The third-order valence-corrected chi connectivity index (χ3v) is 3.69. The van der Waals surface area contributed by atoms with Crippen LogP contribution in [0.3, 0.4) is 0 Å². The number of aliphatic imine (C=N–C) groups is 1. The molecule has 0 fully saturated rings. The van der Waals surface area contributed by atoms with Gasteiger partial charge < -0.3 is 10.6 Å². The fourth-order valence-electron chi connectivity index (χ4n) is 1.79. The van der Waals surface area contributed by atoms with E-state index in [1.807, 2.05) is 0 Å². The van der Waals surface area contributed by atoms with Crippen LogP contribution in [-0.4, -0.2) is 40.4 Å². The molecule has 1 rings (SSSR count). The zero-order chi connectivity index (χ0) is 17.5. The van der Waals surface area contributed by atoms with Gasteiger partial charge in [0.05, 0.1) is 12.2 Å². The van der Waals surface area contributed by atoms with Crippen molar-refractivity contribution >= 4 is 39.8 Å². The summed E-state index contributed by atoms with van der Waals surface area (Å²) in [5.41, 5.74) is 1.55. The second-order valence-electron chi connectivity index (χ2n) is 5.10. The molecule has 0 atom stereocenters. The highest BCUT2D eigenvalue weighted by Crippen LogP contribution is 2.18. The minimum absolute atomic E-state index is 0. The van der Waals surface area contributed by atoms with Gasteiger partial charge >= 0.3 is 6.18 Å². The second kappa shape index (κ2) is 10.1. The van der Waals surface area contributed by atoms with Crippen LogP contribution in [0, 0.1) is 0 Å². The average molecular weight is 479 g/mol. The third kappa shape index (κ3) is 10.7. The van der Waals surface area contributed by atoms with Crippen molar-refractivity contribution in [3.8, 4) is 0 Å². The van der Waals surface area contributed by atoms with Gasteiger partial charge in [0.1, 0.15) is 0 Å². The molecule has 1 aromatic rings. The van der Waals surface area contributed by atoms with Crippen molar-refractivity contribution in [2.75, 3.05) is 19.8 Å². The topological polar surface area (TPSA) is 70.6 Å². The lowest BCUT2D eigenvalue weighted by atomic mass is 10.1. The molecule has 5 nitrogen and oxygen atoms in total. The summed E-state index contributed by atoms with van der Waals surface area (Å²) in [7, 11) is -1.61. The lowest BCUT2D eigenvalue weighted by molar-refractivity contribution is -0.132. The summed E-state index contributed by atoms with van der Waals surface area (Å²) in [6.07, 6.45) is -3.98. The van der Waals surface area contributed by atoms with Gasteiger partial charge in [-0.3, -0.25) is 4.99 Å². The monoisotopic (exact) mass is 479 g/mol. The number of guanidine groups is 1. The fraction of sp³-hybridized carbons (Fsp3) is 0.500. The Labute approximate surface area is 157 Å². The van der Waals surface area contributed by atoms with Crippen LogP contribution >= 0.6 is 24.0 Å². The molecule has 0 unspecified atom stereocenters. The largest absolute Gasteiger partial charge is 0.390 e. The van der Waals surface area contributed by atoms with Gasteiger partial charge in [-0.25, -0.2) is 8.42 Å². The van der Waals surface area contributed by atoms with Crippen LogP contribution in [0.1, 0.15) is 17.5 Å². The molecule has 0 spiro atoms. The molecule has 0 aliphatic heterocycles. The van der Waals surface area contributed by atoms with E-state index in [-0.39, 0.29) is 42.2 Å². The van der Waals surface area contributed by atoms with E-state index < -0.39 is 22.4 Å². The number of hydrogen-bond donors (Lipinski definition) is 2. The Morgan fingerprint density at radius 3 is 2.12 bits per heavy atom. The normalized spacial score (nSPS) is 12.5. The SMILES string of the molecule is CN=C(NCCC(F)(F)F)NCc1ccc(CS(C)(=O)=O)cc1.I. The first-order valence-electron chi connectivity index (χ1n) is 6.86. The van der Waals surface area contributed by atoms with Gasteiger partial charge in [0, 0.05) is 26.4 Å². The van der Waals surface area contributed by atoms with Gasteiger partial charge in [-0.2, -0.15) is 13.2 Å². The van der Waals surface area contributed by atoms with Crippen molar-refractivity contribution in [2.24, 2.45) is 4.99 Å². The highest BCUT2D eigenvalue weighted by atomic mass is 127. The summed E-state index contributed by atoms with van der Waals surface area (Å²) < 4.78 is 58.6. The average Bonchev–Trinajstić information content (AvgIpc) is 2.41. The number of nitrogens with zero attached hydrogens (tertiary/aromatic N) is 1. The highest BCUT2D eigenvalue weighted by Gasteiger charge is 2.26. The van der Waals surface area contributed by atoms with Gasteiger partial charge in [-0.05, 0) is 11.1 Å². The second-order valence-corrected chi connectivity index (χ2v) is 7.24. The Morgan fingerprint density at radius 2 is 1.67 bits per heavy atom. The standard InChI is InChI=1S/C14H20F3N3O2S.HI/c1-18-13(19-8-7-14(15,16)17)20-9-11-3-5-12(6-4-11)10-23(2,21)22;/h3-6H,7-10H2,1-2H3,(H2,18,19,20);1H. The predicted molar refractivity (Wildman–Crippen MR) is 99.3 cm³/mol. The predicted octanol–water partition coefficient (Wildman–Crippen LogP) is 2.47. The van der Waals surface area contributed by atoms with Crippen LogP contribution in [0.2, 0.25) is 0 Å². The molecule has 0 aromatic heterocycles. The van der Waals surface area contributed by atoms with E-state index in [4.69, 9.17) is 0 Å². The molecule has 10 heteroatoms. The van der Waals surface area contributed by atoms with Crippen LogP contribution in [0.15, 0.2) is 29.3 Å². The van der Waals surface area contributed by atoms with E-state index in [0.717, 1.165) is 5.56 Å². The summed E-state index contributed by atoms with van der Waals surface area (Å²) in [5.74, 6) is 0.246. The first kappa shape index (κ1) is 23.0. The van der Waals surface area contributed by atoms with E-state index in [2.05, 4.69) is 15.6 Å². The number of nitrogens with one attached hydrogen (secondary N) is 2. The fourth-order valence-corrected chi connectivity index (χ4v) is 2.58. The number of hydrogen-bond acceptors (Lipinski definition) is 3. The molecule has 0 aliphatic carbocycles. The van der Waals surface area contributed by atoms with E-state index in [9.17, 15) is 21.6 Å². The maximum atomic E-state index is 12.1. The molecule has 0 heterocycles. The number of alkyl halides is 3. The van der Waals surface area contributed by atoms with Crippen LogP contribution in [-0.2, 0) is 22.1 Å². The summed E-state index contributed by atoms with van der Waals surface area (Å²) in [6.45, 7) is 0.112. The molecule has 0 radical (unpaired) electrons. The number of rotatable bonds is 6. The molecule has 1 aromatic carbocycles. The Hall–Kier alpha value is -1.04. The Kier molecular flexibility index (Phi) is 9.63. The quantitative estimate of drug-likeness (QED) is 0.374. The van der Waals surface area contributed by atoms with Crippen molar-refractivity contribution in [1.29, 1.82) is 0 Å². The smallest absolute Gasteiger partial charge is 0.356 e. The number of halogens is 4. The molecule has 0 amide bonds.